The highest BCUT2D eigenvalue weighted by atomic mass is 15.0. The third-order valence-electron chi connectivity index (χ3n) is 12.2. The van der Waals surface area contributed by atoms with Crippen LogP contribution in [0, 0.1) is 0 Å². The van der Waals surface area contributed by atoms with E-state index in [0.29, 0.717) is 5.92 Å². The van der Waals surface area contributed by atoms with Gasteiger partial charge >= 0.3 is 0 Å². The largest absolute Gasteiger partial charge is 0.309 e. The van der Waals surface area contributed by atoms with Gasteiger partial charge in [-0.3, -0.25) is 0 Å². The molecule has 2 heterocycles. The summed E-state index contributed by atoms with van der Waals surface area (Å²) in [5, 5.41) is 5.28. The molecule has 8 aromatic rings. The van der Waals surface area contributed by atoms with Gasteiger partial charge in [-0.15, -0.1) is 0 Å². The monoisotopic (exact) mass is 750 g/mol. The van der Waals surface area contributed by atoms with E-state index in [4.69, 9.17) is 0 Å². The second-order valence-electron chi connectivity index (χ2n) is 21.0. The van der Waals surface area contributed by atoms with Crippen LogP contribution in [0.3, 0.4) is 0 Å². The fraction of sp³-hybridized carbons (Fsp3) is 0.345. The summed E-state index contributed by atoms with van der Waals surface area (Å²) in [5.41, 5.74) is 16.6. The van der Waals surface area contributed by atoms with Crippen LogP contribution in [-0.4, -0.2) is 9.13 Å². The molecule has 2 nitrogen and oxygen atoms in total. The van der Waals surface area contributed by atoms with Gasteiger partial charge in [-0.05, 0) is 121 Å². The fourth-order valence-corrected chi connectivity index (χ4v) is 8.95. The molecule has 0 atom stereocenters. The Morgan fingerprint density at radius 3 is 1.56 bits per heavy atom. The third kappa shape index (κ3) is 6.60. The minimum atomic E-state index is -0.201. The smallest absolute Gasteiger partial charge is 0.0547 e. The van der Waals surface area contributed by atoms with E-state index in [1.165, 1.54) is 93.9 Å². The Morgan fingerprint density at radius 1 is 0.421 bits per heavy atom. The molecule has 0 aliphatic heterocycles. The van der Waals surface area contributed by atoms with E-state index in [2.05, 4.69) is 221 Å². The highest BCUT2D eigenvalue weighted by Gasteiger charge is 2.30. The summed E-state index contributed by atoms with van der Waals surface area (Å²) in [6.07, 6.45) is 0. The highest BCUT2D eigenvalue weighted by molar-refractivity contribution is 6.19. The van der Waals surface area contributed by atoms with Crippen LogP contribution in [0.1, 0.15) is 131 Å². The molecule has 6 aromatic carbocycles. The molecule has 0 aliphatic rings. The lowest BCUT2D eigenvalue weighted by Gasteiger charge is -2.27. The zero-order valence-electron chi connectivity index (χ0n) is 36.9. The van der Waals surface area contributed by atoms with E-state index >= 15 is 0 Å². The quantitative estimate of drug-likeness (QED) is 0.170. The minimum absolute atomic E-state index is 0.00741. The summed E-state index contributed by atoms with van der Waals surface area (Å²) < 4.78 is 5.14. The molecule has 0 N–H and O–H groups in total. The van der Waals surface area contributed by atoms with Crippen molar-refractivity contribution in [3.63, 3.8) is 0 Å². The number of rotatable bonds is 4. The van der Waals surface area contributed by atoms with Crippen LogP contribution in [0.4, 0.5) is 0 Å². The molecular weight excluding hydrogens is 689 g/mol. The van der Waals surface area contributed by atoms with E-state index in [0.717, 1.165) is 0 Å². The van der Waals surface area contributed by atoms with Crippen molar-refractivity contribution in [2.45, 2.75) is 125 Å². The van der Waals surface area contributed by atoms with Gasteiger partial charge in [0.25, 0.3) is 0 Å². The van der Waals surface area contributed by atoms with Gasteiger partial charge in [-0.25, -0.2) is 0 Å². The second-order valence-corrected chi connectivity index (χ2v) is 21.0. The van der Waals surface area contributed by atoms with Crippen molar-refractivity contribution in [3.05, 3.63) is 143 Å². The van der Waals surface area contributed by atoms with Crippen molar-refractivity contribution < 1.29 is 0 Å². The molecule has 0 saturated carbocycles. The van der Waals surface area contributed by atoms with Crippen LogP contribution >= 0.6 is 0 Å². The SMILES string of the molecule is CC(C)c1ccc2c(c1)c1cc(C(C)(C)C)ccc1n2-c1ccc2c(c1C(C)(C)C)c1c(-c3ccccc3)cccc1n2-c1cc(C(C)(C)C)cc(C(C)(C)C)c1. The number of benzene rings is 6. The lowest BCUT2D eigenvalue weighted by molar-refractivity contribution is 0.568. The molecule has 0 saturated heterocycles. The summed E-state index contributed by atoms with van der Waals surface area (Å²) in [7, 11) is 0. The Labute approximate surface area is 341 Å². The Morgan fingerprint density at radius 2 is 0.982 bits per heavy atom. The number of nitrogens with zero attached hydrogens (tertiary/aromatic N) is 2. The number of fused-ring (bicyclic) bond motifs is 6. The van der Waals surface area contributed by atoms with Gasteiger partial charge in [0.05, 0.1) is 27.8 Å². The second kappa shape index (κ2) is 13.2. The van der Waals surface area contributed by atoms with Crippen molar-refractivity contribution in [1.82, 2.24) is 9.13 Å². The molecule has 0 aliphatic carbocycles. The molecule has 0 amide bonds. The van der Waals surface area contributed by atoms with Crippen molar-refractivity contribution in [1.29, 1.82) is 0 Å². The Bertz CT molecular complexity index is 2790. The molecular formula is C55H62N2. The lowest BCUT2D eigenvalue weighted by Crippen LogP contribution is -2.17. The zero-order valence-corrected chi connectivity index (χ0v) is 36.9. The first kappa shape index (κ1) is 38.8. The van der Waals surface area contributed by atoms with Crippen LogP contribution in [0.2, 0.25) is 0 Å². The van der Waals surface area contributed by atoms with E-state index in [1.54, 1.807) is 0 Å². The van der Waals surface area contributed by atoms with Crippen LogP contribution < -0.4 is 0 Å². The van der Waals surface area contributed by atoms with Gasteiger partial charge in [0, 0.05) is 27.2 Å². The molecule has 0 bridgehead atoms. The summed E-state index contributed by atoms with van der Waals surface area (Å²) in [6, 6.07) is 44.4. The Hall–Kier alpha value is -5.08. The first-order valence-corrected chi connectivity index (χ1v) is 21.1. The average molecular weight is 751 g/mol. The number of hydrogen-bond donors (Lipinski definition) is 0. The fourth-order valence-electron chi connectivity index (χ4n) is 8.95. The van der Waals surface area contributed by atoms with Gasteiger partial charge < -0.3 is 9.13 Å². The van der Waals surface area contributed by atoms with E-state index in [9.17, 15) is 0 Å². The summed E-state index contributed by atoms with van der Waals surface area (Å²) >= 11 is 0. The van der Waals surface area contributed by atoms with Crippen LogP contribution in [-0.2, 0) is 21.7 Å². The standard InChI is InChI=1S/C55H62N2/c1-34(2)36-23-25-44-42(29-36)43-33-37(52(3,4)5)24-26-45(43)57(44)48-28-27-47-50(51(48)55(12,13)14)49-41(35-19-16-15-17-20-35)21-18-22-46(49)56(47)40-31-38(53(6,7)8)30-39(32-40)54(9,10)11/h15-34H,1-14H3. The maximum atomic E-state index is 2.58. The lowest BCUT2D eigenvalue weighted by atomic mass is 9.80. The Balaban J connectivity index is 1.58. The summed E-state index contributed by atoms with van der Waals surface area (Å²) in [6.45, 7) is 32.8. The number of aromatic nitrogens is 2. The topological polar surface area (TPSA) is 9.86 Å². The zero-order chi connectivity index (χ0) is 41.0. The predicted molar refractivity (Wildman–Crippen MR) is 249 cm³/mol. The van der Waals surface area contributed by atoms with Gasteiger partial charge in [-0.1, -0.05) is 158 Å². The number of hydrogen-bond acceptors (Lipinski definition) is 0. The maximum Gasteiger partial charge on any atom is 0.0547 e. The molecule has 8 rings (SSSR count). The minimum Gasteiger partial charge on any atom is -0.309 e. The van der Waals surface area contributed by atoms with Crippen molar-refractivity contribution >= 4 is 43.6 Å². The van der Waals surface area contributed by atoms with Crippen molar-refractivity contribution in [2.24, 2.45) is 0 Å². The van der Waals surface area contributed by atoms with Crippen LogP contribution in [0.15, 0.2) is 115 Å². The molecule has 57 heavy (non-hydrogen) atoms. The molecule has 2 aromatic heterocycles. The normalized spacial score (nSPS) is 13.2. The van der Waals surface area contributed by atoms with Gasteiger partial charge in [0.2, 0.25) is 0 Å². The Kier molecular flexibility index (Phi) is 9.00. The maximum absolute atomic E-state index is 2.58. The average Bonchev–Trinajstić information content (AvgIpc) is 3.65. The molecule has 292 valence electrons. The molecule has 0 fully saturated rings. The summed E-state index contributed by atoms with van der Waals surface area (Å²) in [4.78, 5) is 0. The molecule has 0 spiro atoms. The first-order valence-electron chi connectivity index (χ1n) is 21.1. The van der Waals surface area contributed by atoms with E-state index < -0.39 is 0 Å². The van der Waals surface area contributed by atoms with Crippen molar-refractivity contribution in [2.75, 3.05) is 0 Å². The van der Waals surface area contributed by atoms with Crippen LogP contribution in [0.5, 0.6) is 0 Å². The highest BCUT2D eigenvalue weighted by Crippen LogP contribution is 2.48. The van der Waals surface area contributed by atoms with Crippen molar-refractivity contribution in [3.8, 4) is 22.5 Å². The van der Waals surface area contributed by atoms with Crippen LogP contribution in [0.25, 0.3) is 66.1 Å². The van der Waals surface area contributed by atoms with E-state index in [-0.39, 0.29) is 21.7 Å². The molecule has 0 radical (unpaired) electrons. The molecule has 2 heteroatoms. The van der Waals surface area contributed by atoms with E-state index in [1.807, 2.05) is 0 Å². The first-order chi connectivity index (χ1) is 26.6. The van der Waals surface area contributed by atoms with Gasteiger partial charge in [0.15, 0.2) is 0 Å². The van der Waals surface area contributed by atoms with Gasteiger partial charge in [-0.2, -0.15) is 0 Å². The third-order valence-corrected chi connectivity index (χ3v) is 12.2. The summed E-state index contributed by atoms with van der Waals surface area (Å²) in [5.74, 6) is 0.443. The predicted octanol–water partition coefficient (Wildman–Crippen LogP) is 15.9. The molecule has 0 unspecified atom stereocenters. The van der Waals surface area contributed by atoms with Gasteiger partial charge in [0.1, 0.15) is 0 Å².